The zero-order chi connectivity index (χ0) is 13.8. The molecule has 0 aliphatic heterocycles. The van der Waals surface area contributed by atoms with Gasteiger partial charge in [0, 0.05) is 13.2 Å². The number of benzene rings is 1. The molecule has 2 heteroatoms. The molecule has 1 N–H and O–H groups in total. The van der Waals surface area contributed by atoms with Crippen LogP contribution < -0.4 is 5.32 Å². The highest BCUT2D eigenvalue weighted by Gasteiger charge is 2.16. The minimum atomic E-state index is -0.0466. The van der Waals surface area contributed by atoms with Gasteiger partial charge in [0.05, 0.1) is 5.60 Å². The fraction of sp³-hybridized carbons (Fsp3) is 0.625. The van der Waals surface area contributed by atoms with Gasteiger partial charge >= 0.3 is 0 Å². The number of ether oxygens (including phenoxy) is 1. The van der Waals surface area contributed by atoms with Crippen molar-refractivity contribution in [1.29, 1.82) is 0 Å². The second kappa shape index (κ2) is 6.35. The normalized spacial score (nSPS) is 13.7. The van der Waals surface area contributed by atoms with Gasteiger partial charge in [-0.1, -0.05) is 23.8 Å². The summed E-state index contributed by atoms with van der Waals surface area (Å²) in [6, 6.07) is 7.04. The molecular formula is C16H27NO. The van der Waals surface area contributed by atoms with E-state index in [9.17, 15) is 0 Å². The number of nitrogens with one attached hydrogen (secondary N) is 1. The van der Waals surface area contributed by atoms with Gasteiger partial charge in [0.15, 0.2) is 0 Å². The Labute approximate surface area is 112 Å². The van der Waals surface area contributed by atoms with E-state index in [4.69, 9.17) is 4.74 Å². The Morgan fingerprint density at radius 3 is 2.50 bits per heavy atom. The van der Waals surface area contributed by atoms with Crippen molar-refractivity contribution in [1.82, 2.24) is 5.32 Å². The first-order valence-electron chi connectivity index (χ1n) is 6.71. The van der Waals surface area contributed by atoms with E-state index in [1.54, 1.807) is 7.11 Å². The molecule has 0 heterocycles. The van der Waals surface area contributed by atoms with Gasteiger partial charge in [0.2, 0.25) is 0 Å². The summed E-state index contributed by atoms with van der Waals surface area (Å²) < 4.78 is 5.42. The van der Waals surface area contributed by atoms with Crippen LogP contribution in [-0.4, -0.2) is 19.3 Å². The van der Waals surface area contributed by atoms with Crippen molar-refractivity contribution >= 4 is 0 Å². The molecule has 0 aromatic heterocycles. The Morgan fingerprint density at radius 1 is 1.28 bits per heavy atom. The third-order valence-electron chi connectivity index (χ3n) is 3.62. The molecule has 0 radical (unpaired) electrons. The highest BCUT2D eigenvalue weighted by Crippen LogP contribution is 2.19. The van der Waals surface area contributed by atoms with Gasteiger partial charge in [-0.3, -0.25) is 0 Å². The molecule has 0 bridgehead atoms. The molecule has 1 atom stereocenters. The van der Waals surface area contributed by atoms with Crippen LogP contribution in [0.1, 0.15) is 49.9 Å². The molecule has 0 aliphatic carbocycles. The lowest BCUT2D eigenvalue weighted by atomic mass is 9.99. The molecule has 0 aliphatic rings. The van der Waals surface area contributed by atoms with Crippen LogP contribution in [0.5, 0.6) is 0 Å². The number of hydrogen-bond acceptors (Lipinski definition) is 2. The largest absolute Gasteiger partial charge is 0.379 e. The van der Waals surface area contributed by atoms with Crippen LogP contribution >= 0.6 is 0 Å². The predicted octanol–water partition coefficient (Wildman–Crippen LogP) is 3.77. The highest BCUT2D eigenvalue weighted by atomic mass is 16.5. The van der Waals surface area contributed by atoms with E-state index in [0.29, 0.717) is 6.04 Å². The minimum Gasteiger partial charge on any atom is -0.379 e. The van der Waals surface area contributed by atoms with Crippen molar-refractivity contribution in [2.24, 2.45) is 0 Å². The predicted molar refractivity (Wildman–Crippen MR) is 78.0 cm³/mol. The topological polar surface area (TPSA) is 21.3 Å². The van der Waals surface area contributed by atoms with E-state index in [1.807, 2.05) is 0 Å². The fourth-order valence-corrected chi connectivity index (χ4v) is 2.11. The van der Waals surface area contributed by atoms with Crippen molar-refractivity contribution in [3.8, 4) is 0 Å². The van der Waals surface area contributed by atoms with Crippen LogP contribution in [0.25, 0.3) is 0 Å². The Hall–Kier alpha value is -0.860. The van der Waals surface area contributed by atoms with Gasteiger partial charge in [-0.05, 0) is 58.7 Å². The van der Waals surface area contributed by atoms with Crippen LogP contribution in [0.2, 0.25) is 0 Å². The molecule has 0 saturated heterocycles. The summed E-state index contributed by atoms with van der Waals surface area (Å²) in [5, 5.41) is 3.57. The summed E-state index contributed by atoms with van der Waals surface area (Å²) in [5.74, 6) is 0. The van der Waals surface area contributed by atoms with Gasteiger partial charge in [-0.15, -0.1) is 0 Å². The van der Waals surface area contributed by atoms with Crippen LogP contribution in [-0.2, 0) is 4.74 Å². The van der Waals surface area contributed by atoms with Gasteiger partial charge in [-0.25, -0.2) is 0 Å². The van der Waals surface area contributed by atoms with Crippen molar-refractivity contribution < 1.29 is 4.74 Å². The van der Waals surface area contributed by atoms with E-state index in [1.165, 1.54) is 16.7 Å². The lowest BCUT2D eigenvalue weighted by Gasteiger charge is -2.24. The molecular weight excluding hydrogens is 222 g/mol. The van der Waals surface area contributed by atoms with Gasteiger partial charge < -0.3 is 10.1 Å². The van der Waals surface area contributed by atoms with E-state index in [2.05, 4.69) is 58.1 Å². The Bertz CT molecular complexity index is 385. The molecule has 1 rings (SSSR count). The van der Waals surface area contributed by atoms with Gasteiger partial charge in [0.1, 0.15) is 0 Å². The van der Waals surface area contributed by atoms with Crippen molar-refractivity contribution in [2.45, 2.75) is 52.7 Å². The average molecular weight is 249 g/mol. The standard InChI is InChI=1S/C16H27NO/c1-12-7-8-15(13(2)11-12)14(3)17-10-9-16(4,5)18-6/h7-8,11,14,17H,9-10H2,1-6H3. The van der Waals surface area contributed by atoms with Crippen LogP contribution in [0, 0.1) is 13.8 Å². The lowest BCUT2D eigenvalue weighted by Crippen LogP contribution is -2.30. The zero-order valence-corrected chi connectivity index (χ0v) is 12.6. The summed E-state index contributed by atoms with van der Waals surface area (Å²) in [4.78, 5) is 0. The Morgan fingerprint density at radius 2 is 1.94 bits per heavy atom. The first-order chi connectivity index (χ1) is 8.35. The average Bonchev–Trinajstić information content (AvgIpc) is 2.28. The van der Waals surface area contributed by atoms with Crippen molar-refractivity contribution in [2.75, 3.05) is 13.7 Å². The molecule has 1 aromatic carbocycles. The first kappa shape index (κ1) is 15.2. The molecule has 102 valence electrons. The van der Waals surface area contributed by atoms with E-state index in [0.717, 1.165) is 13.0 Å². The zero-order valence-electron chi connectivity index (χ0n) is 12.6. The minimum absolute atomic E-state index is 0.0466. The fourth-order valence-electron chi connectivity index (χ4n) is 2.11. The van der Waals surface area contributed by atoms with Gasteiger partial charge in [-0.2, -0.15) is 0 Å². The highest BCUT2D eigenvalue weighted by molar-refractivity contribution is 5.32. The molecule has 1 unspecified atom stereocenters. The molecule has 1 aromatic rings. The summed E-state index contributed by atoms with van der Waals surface area (Å²) in [6.45, 7) is 11.7. The molecule has 0 fully saturated rings. The summed E-state index contributed by atoms with van der Waals surface area (Å²) in [6.07, 6.45) is 1.01. The smallest absolute Gasteiger partial charge is 0.0634 e. The van der Waals surface area contributed by atoms with Crippen molar-refractivity contribution in [3.63, 3.8) is 0 Å². The van der Waals surface area contributed by atoms with E-state index in [-0.39, 0.29) is 5.60 Å². The number of methoxy groups -OCH3 is 1. The molecule has 0 saturated carbocycles. The third kappa shape index (κ3) is 4.43. The maximum Gasteiger partial charge on any atom is 0.0634 e. The van der Waals surface area contributed by atoms with E-state index < -0.39 is 0 Å². The maximum atomic E-state index is 5.42. The summed E-state index contributed by atoms with van der Waals surface area (Å²) in [7, 11) is 1.77. The van der Waals surface area contributed by atoms with E-state index >= 15 is 0 Å². The quantitative estimate of drug-likeness (QED) is 0.828. The molecule has 0 amide bonds. The summed E-state index contributed by atoms with van der Waals surface area (Å²) >= 11 is 0. The second-order valence-electron chi connectivity index (χ2n) is 5.75. The maximum absolute atomic E-state index is 5.42. The van der Waals surface area contributed by atoms with Crippen LogP contribution in [0.3, 0.4) is 0 Å². The number of hydrogen-bond donors (Lipinski definition) is 1. The Balaban J connectivity index is 2.53. The summed E-state index contributed by atoms with van der Waals surface area (Å²) in [5.41, 5.74) is 4.02. The van der Waals surface area contributed by atoms with Gasteiger partial charge in [0.25, 0.3) is 0 Å². The first-order valence-corrected chi connectivity index (χ1v) is 6.71. The number of aryl methyl sites for hydroxylation is 2. The molecule has 2 nitrogen and oxygen atoms in total. The van der Waals surface area contributed by atoms with Crippen molar-refractivity contribution in [3.05, 3.63) is 34.9 Å². The molecule has 0 spiro atoms. The molecule has 18 heavy (non-hydrogen) atoms. The second-order valence-corrected chi connectivity index (χ2v) is 5.75. The van der Waals surface area contributed by atoms with Crippen LogP contribution in [0.15, 0.2) is 18.2 Å². The van der Waals surface area contributed by atoms with Crippen LogP contribution in [0.4, 0.5) is 0 Å². The monoisotopic (exact) mass is 249 g/mol. The Kier molecular flexibility index (Phi) is 5.36. The third-order valence-corrected chi connectivity index (χ3v) is 3.62. The number of rotatable bonds is 6. The lowest BCUT2D eigenvalue weighted by molar-refractivity contribution is 0.0154. The SMILES string of the molecule is COC(C)(C)CCNC(C)c1ccc(C)cc1C.